The van der Waals surface area contributed by atoms with E-state index in [1.54, 1.807) is 12.4 Å². The van der Waals surface area contributed by atoms with E-state index in [4.69, 9.17) is 4.98 Å². The maximum absolute atomic E-state index is 13.3. The highest BCUT2D eigenvalue weighted by Gasteiger charge is 2.41. The van der Waals surface area contributed by atoms with E-state index in [1.807, 2.05) is 53.2 Å². The summed E-state index contributed by atoms with van der Waals surface area (Å²) in [7, 11) is 0. The first kappa shape index (κ1) is 17.0. The summed E-state index contributed by atoms with van der Waals surface area (Å²) in [5, 5.41) is 2.78. The van der Waals surface area contributed by atoms with Crippen molar-refractivity contribution >= 4 is 21.7 Å². The third kappa shape index (κ3) is 2.70. The van der Waals surface area contributed by atoms with Gasteiger partial charge in [0, 0.05) is 52.6 Å². The van der Waals surface area contributed by atoms with Crippen molar-refractivity contribution in [1.82, 2.24) is 19.5 Å². The van der Waals surface area contributed by atoms with Crippen LogP contribution >= 0.6 is 0 Å². The average molecular weight is 390 g/mol. The van der Waals surface area contributed by atoms with Crippen LogP contribution in [0.4, 0.5) is 0 Å². The molecule has 1 fully saturated rings. The lowest BCUT2D eigenvalue weighted by Gasteiger charge is -2.10. The molecule has 0 unspecified atom stereocenters. The Bertz CT molecular complexity index is 1460. The van der Waals surface area contributed by atoms with Gasteiger partial charge in [0.25, 0.3) is 5.56 Å². The molecule has 5 aromatic rings. The smallest absolute Gasteiger partial charge is 0.258 e. The predicted octanol–water partition coefficient (Wildman–Crippen LogP) is 4.74. The number of hydrogen-bond acceptors (Lipinski definition) is 4. The van der Waals surface area contributed by atoms with E-state index in [0.717, 1.165) is 44.9 Å². The lowest BCUT2D eigenvalue weighted by atomic mass is 10.0. The molecule has 0 radical (unpaired) electrons. The van der Waals surface area contributed by atoms with E-state index < -0.39 is 0 Å². The highest BCUT2D eigenvalue weighted by atomic mass is 16.1. The molecule has 1 saturated carbocycles. The third-order valence-corrected chi connectivity index (χ3v) is 5.96. The maximum atomic E-state index is 13.3. The monoisotopic (exact) mass is 390 g/mol. The van der Waals surface area contributed by atoms with Crippen LogP contribution in [0.15, 0.2) is 90.4 Å². The van der Waals surface area contributed by atoms with E-state index in [-0.39, 0.29) is 17.5 Å². The Balaban J connectivity index is 1.39. The van der Waals surface area contributed by atoms with Crippen LogP contribution in [0, 0.1) is 0 Å². The first-order valence-electron chi connectivity index (χ1n) is 10.0. The van der Waals surface area contributed by atoms with Crippen molar-refractivity contribution in [3.63, 3.8) is 0 Å². The van der Waals surface area contributed by atoms with Gasteiger partial charge >= 0.3 is 0 Å². The molecule has 1 aliphatic carbocycles. The molecule has 0 saturated heterocycles. The van der Waals surface area contributed by atoms with Crippen molar-refractivity contribution in [3.8, 4) is 11.1 Å². The normalized spacial score (nSPS) is 18.0. The minimum absolute atomic E-state index is 0.0412. The fraction of sp³-hybridized carbons (Fsp3) is 0.120. The van der Waals surface area contributed by atoms with Gasteiger partial charge in [-0.05, 0) is 41.6 Å². The largest absolute Gasteiger partial charge is 0.311 e. The summed E-state index contributed by atoms with van der Waals surface area (Å²) >= 11 is 0. The summed E-state index contributed by atoms with van der Waals surface area (Å²) in [6, 6.07) is 20.3. The van der Waals surface area contributed by atoms with Crippen LogP contribution in [0.3, 0.4) is 0 Å². The Morgan fingerprint density at radius 2 is 1.73 bits per heavy atom. The van der Waals surface area contributed by atoms with E-state index in [1.165, 1.54) is 6.33 Å². The lowest BCUT2D eigenvalue weighted by molar-refractivity contribution is 0.688. The van der Waals surface area contributed by atoms with Crippen molar-refractivity contribution in [3.05, 3.63) is 102 Å². The standard InChI is InChI=1S/C25H18N4O/c30-25-20-6-3-5-18(17-13-26-15-27-14-17)19(20)10-11-29(25)24-12-21(24)23-9-8-16-4-1-2-7-22(16)28-23/h1-11,13-15,21,24H,12H2/t21-,24+/m0/s1. The SMILES string of the molecule is O=c1c2cccc(-c3cncnc3)c2ccn1[C@@H]1C[C@H]1c1ccc2ccccc2n1. The molecular weight excluding hydrogens is 372 g/mol. The zero-order valence-corrected chi connectivity index (χ0v) is 16.1. The lowest BCUT2D eigenvalue weighted by Crippen LogP contribution is -2.19. The van der Waals surface area contributed by atoms with Crippen LogP contribution in [0.1, 0.15) is 24.1 Å². The average Bonchev–Trinajstić information content (AvgIpc) is 3.60. The highest BCUT2D eigenvalue weighted by molar-refractivity contribution is 5.95. The molecular formula is C25H18N4O. The van der Waals surface area contributed by atoms with Gasteiger partial charge in [0.15, 0.2) is 0 Å². The van der Waals surface area contributed by atoms with Crippen molar-refractivity contribution < 1.29 is 0 Å². The Morgan fingerprint density at radius 1 is 0.867 bits per heavy atom. The Hall–Kier alpha value is -3.86. The molecule has 0 aliphatic heterocycles. The zero-order chi connectivity index (χ0) is 20.1. The number of benzene rings is 2. The van der Waals surface area contributed by atoms with Crippen molar-refractivity contribution in [2.24, 2.45) is 0 Å². The number of para-hydroxylation sites is 1. The van der Waals surface area contributed by atoms with Gasteiger partial charge in [0.1, 0.15) is 6.33 Å². The van der Waals surface area contributed by atoms with Crippen LogP contribution in [0.25, 0.3) is 32.8 Å². The Kier molecular flexibility index (Phi) is 3.74. The van der Waals surface area contributed by atoms with Gasteiger partial charge in [-0.3, -0.25) is 9.78 Å². The minimum Gasteiger partial charge on any atom is -0.311 e. The minimum atomic E-state index is 0.0412. The van der Waals surface area contributed by atoms with Gasteiger partial charge in [0.05, 0.1) is 5.52 Å². The first-order chi connectivity index (χ1) is 14.8. The molecule has 0 amide bonds. The second-order valence-corrected chi connectivity index (χ2v) is 7.76. The molecule has 0 N–H and O–H groups in total. The summed E-state index contributed by atoms with van der Waals surface area (Å²) in [5.41, 5.74) is 3.98. The molecule has 2 atom stereocenters. The number of rotatable bonds is 3. The second-order valence-electron chi connectivity index (χ2n) is 7.76. The quantitative estimate of drug-likeness (QED) is 0.447. The van der Waals surface area contributed by atoms with Crippen LogP contribution in [0.2, 0.25) is 0 Å². The molecule has 2 aromatic carbocycles. The van der Waals surface area contributed by atoms with Gasteiger partial charge in [-0.25, -0.2) is 9.97 Å². The van der Waals surface area contributed by atoms with Gasteiger partial charge in [0.2, 0.25) is 0 Å². The Morgan fingerprint density at radius 3 is 2.63 bits per heavy atom. The molecule has 0 bridgehead atoms. The summed E-state index contributed by atoms with van der Waals surface area (Å²) in [6.07, 6.45) is 7.91. The summed E-state index contributed by atoms with van der Waals surface area (Å²) in [5.74, 6) is 0.274. The first-order valence-corrected chi connectivity index (χ1v) is 10.0. The predicted molar refractivity (Wildman–Crippen MR) is 117 cm³/mol. The number of aromatic nitrogens is 4. The van der Waals surface area contributed by atoms with Crippen LogP contribution in [-0.4, -0.2) is 19.5 Å². The molecule has 144 valence electrons. The van der Waals surface area contributed by atoms with Gasteiger partial charge in [-0.1, -0.05) is 36.4 Å². The van der Waals surface area contributed by atoms with Gasteiger partial charge < -0.3 is 4.57 Å². The molecule has 5 nitrogen and oxygen atoms in total. The Labute approximate surface area is 172 Å². The van der Waals surface area contributed by atoms with E-state index in [0.29, 0.717) is 0 Å². The molecule has 3 aromatic heterocycles. The van der Waals surface area contributed by atoms with Crippen LogP contribution in [-0.2, 0) is 0 Å². The van der Waals surface area contributed by atoms with Crippen LogP contribution < -0.4 is 5.56 Å². The molecule has 0 spiro atoms. The second kappa shape index (κ2) is 6.59. The molecule has 6 rings (SSSR count). The van der Waals surface area contributed by atoms with Crippen molar-refractivity contribution in [1.29, 1.82) is 0 Å². The summed E-state index contributed by atoms with van der Waals surface area (Å²) in [4.78, 5) is 26.3. The van der Waals surface area contributed by atoms with Crippen molar-refractivity contribution in [2.75, 3.05) is 0 Å². The number of nitrogens with zero attached hydrogens (tertiary/aromatic N) is 4. The van der Waals surface area contributed by atoms with E-state index in [9.17, 15) is 4.79 Å². The number of pyridine rings is 2. The number of hydrogen-bond donors (Lipinski definition) is 0. The van der Waals surface area contributed by atoms with Crippen LogP contribution in [0.5, 0.6) is 0 Å². The van der Waals surface area contributed by atoms with E-state index >= 15 is 0 Å². The van der Waals surface area contributed by atoms with Gasteiger partial charge in [-0.2, -0.15) is 0 Å². The zero-order valence-electron chi connectivity index (χ0n) is 16.1. The highest BCUT2D eigenvalue weighted by Crippen LogP contribution is 2.50. The fourth-order valence-electron chi connectivity index (χ4n) is 4.34. The summed E-state index contributed by atoms with van der Waals surface area (Å²) in [6.45, 7) is 0. The molecule has 1 aliphatic rings. The summed E-state index contributed by atoms with van der Waals surface area (Å²) < 4.78 is 1.87. The molecule has 3 heterocycles. The maximum Gasteiger partial charge on any atom is 0.258 e. The molecule has 30 heavy (non-hydrogen) atoms. The number of fused-ring (bicyclic) bond motifs is 2. The topological polar surface area (TPSA) is 60.7 Å². The van der Waals surface area contributed by atoms with E-state index in [2.05, 4.69) is 28.2 Å². The van der Waals surface area contributed by atoms with Crippen molar-refractivity contribution in [2.45, 2.75) is 18.4 Å². The third-order valence-electron chi connectivity index (χ3n) is 5.96. The molecule has 5 heteroatoms. The fourth-order valence-corrected chi connectivity index (χ4v) is 4.34. The van der Waals surface area contributed by atoms with Gasteiger partial charge in [-0.15, -0.1) is 0 Å².